The van der Waals surface area contributed by atoms with Gasteiger partial charge in [-0.05, 0) is 83.6 Å². The van der Waals surface area contributed by atoms with Crippen LogP contribution in [0, 0.1) is 22.7 Å². The highest BCUT2D eigenvalue weighted by atomic mass is 16.5. The second kappa shape index (κ2) is 13.5. The number of ether oxygens (including phenoxy) is 2. The van der Waals surface area contributed by atoms with Gasteiger partial charge in [0.15, 0.2) is 0 Å². The molecule has 0 heterocycles. The molecule has 0 fully saturated rings. The van der Waals surface area contributed by atoms with E-state index in [9.17, 15) is 0 Å². The molecule has 0 bridgehead atoms. The van der Waals surface area contributed by atoms with Crippen LogP contribution in [-0.2, 0) is 0 Å². The molecule has 37 heavy (non-hydrogen) atoms. The van der Waals surface area contributed by atoms with Gasteiger partial charge in [0.05, 0.1) is 36.5 Å². The average Bonchev–Trinajstić information content (AvgIpc) is 2.97. The van der Waals surface area contributed by atoms with E-state index in [1.807, 2.05) is 72.8 Å². The van der Waals surface area contributed by atoms with Gasteiger partial charge in [-0.25, -0.2) is 0 Å². The second-order valence-electron chi connectivity index (χ2n) is 8.89. The smallest absolute Gasteiger partial charge is 0.119 e. The topological polar surface area (TPSA) is 66.0 Å². The largest absolute Gasteiger partial charge is 0.494 e. The monoisotopic (exact) mass is 486 g/mol. The molecule has 4 aromatic rings. The Morgan fingerprint density at radius 1 is 0.405 bits per heavy atom. The lowest BCUT2D eigenvalue weighted by atomic mass is 10.0. The van der Waals surface area contributed by atoms with Crippen molar-refractivity contribution in [3.8, 4) is 45.9 Å². The fourth-order valence-electron chi connectivity index (χ4n) is 4.08. The molecule has 4 aromatic carbocycles. The number of benzene rings is 4. The van der Waals surface area contributed by atoms with E-state index in [1.54, 1.807) is 0 Å². The maximum atomic E-state index is 8.92. The zero-order valence-electron chi connectivity index (χ0n) is 20.9. The summed E-state index contributed by atoms with van der Waals surface area (Å²) in [5, 5.41) is 17.8. The predicted molar refractivity (Wildman–Crippen MR) is 147 cm³/mol. The molecule has 0 atom stereocenters. The predicted octanol–water partition coefficient (Wildman–Crippen LogP) is 8.17. The number of nitriles is 2. The van der Waals surface area contributed by atoms with Crippen molar-refractivity contribution in [1.29, 1.82) is 10.5 Å². The summed E-state index contributed by atoms with van der Waals surface area (Å²) in [5.41, 5.74) is 5.75. The molecule has 0 radical (unpaired) electrons. The van der Waals surface area contributed by atoms with Crippen molar-refractivity contribution < 1.29 is 9.47 Å². The van der Waals surface area contributed by atoms with Gasteiger partial charge in [-0.3, -0.25) is 0 Å². The molecule has 0 aromatic heterocycles. The third-order valence-corrected chi connectivity index (χ3v) is 6.23. The Morgan fingerprint density at radius 2 is 0.703 bits per heavy atom. The van der Waals surface area contributed by atoms with Gasteiger partial charge in [-0.2, -0.15) is 10.5 Å². The molecule has 0 spiro atoms. The van der Waals surface area contributed by atoms with E-state index in [0.717, 1.165) is 72.6 Å². The van der Waals surface area contributed by atoms with Crippen LogP contribution in [0.5, 0.6) is 11.5 Å². The molecule has 4 nitrogen and oxygen atoms in total. The van der Waals surface area contributed by atoms with E-state index in [4.69, 9.17) is 20.0 Å². The van der Waals surface area contributed by atoms with Crippen molar-refractivity contribution >= 4 is 0 Å². The Labute approximate surface area is 219 Å². The van der Waals surface area contributed by atoms with Crippen molar-refractivity contribution in [3.05, 3.63) is 108 Å². The van der Waals surface area contributed by atoms with Gasteiger partial charge in [0.2, 0.25) is 0 Å². The molecule has 4 heteroatoms. The summed E-state index contributed by atoms with van der Waals surface area (Å²) in [6.45, 7) is 1.44. The highest BCUT2D eigenvalue weighted by Crippen LogP contribution is 2.24. The summed E-state index contributed by atoms with van der Waals surface area (Å²) >= 11 is 0. The Morgan fingerprint density at radius 3 is 1.03 bits per heavy atom. The van der Waals surface area contributed by atoms with Crippen LogP contribution < -0.4 is 9.47 Å². The van der Waals surface area contributed by atoms with Crippen LogP contribution in [0.4, 0.5) is 0 Å². The molecule has 0 N–H and O–H groups in total. The summed E-state index contributed by atoms with van der Waals surface area (Å²) in [5.74, 6) is 1.77. The molecule has 0 saturated heterocycles. The van der Waals surface area contributed by atoms with Crippen molar-refractivity contribution in [2.24, 2.45) is 0 Å². The summed E-state index contributed by atoms with van der Waals surface area (Å²) < 4.78 is 11.8. The minimum atomic E-state index is 0.669. The highest BCUT2D eigenvalue weighted by Gasteiger charge is 2.02. The average molecular weight is 487 g/mol. The van der Waals surface area contributed by atoms with Crippen LogP contribution in [0.1, 0.15) is 43.2 Å². The quantitative estimate of drug-likeness (QED) is 0.189. The first-order chi connectivity index (χ1) is 18.2. The van der Waals surface area contributed by atoms with Gasteiger partial charge < -0.3 is 9.47 Å². The molecular weight excluding hydrogens is 456 g/mol. The second-order valence-corrected chi connectivity index (χ2v) is 8.89. The number of hydrogen-bond donors (Lipinski definition) is 0. The van der Waals surface area contributed by atoms with Gasteiger partial charge in [0.25, 0.3) is 0 Å². The van der Waals surface area contributed by atoms with Gasteiger partial charge in [-0.1, -0.05) is 67.8 Å². The molecule has 184 valence electrons. The Balaban J connectivity index is 1.06. The number of rotatable bonds is 12. The van der Waals surface area contributed by atoms with Crippen LogP contribution in [0.25, 0.3) is 22.3 Å². The van der Waals surface area contributed by atoms with Crippen LogP contribution in [0.15, 0.2) is 97.1 Å². The fourth-order valence-corrected chi connectivity index (χ4v) is 4.08. The standard InChI is InChI=1S/C33H30N2O2/c34-24-26-6-10-28(11-7-26)30-14-18-32(19-15-30)36-22-4-2-1-3-5-23-37-33-20-16-31(17-21-33)29-12-8-27(25-35)9-13-29/h6-21H,1-5,22-23H2. The lowest BCUT2D eigenvalue weighted by Gasteiger charge is -2.09. The van der Waals surface area contributed by atoms with Gasteiger partial charge in [0, 0.05) is 0 Å². The molecule has 0 unspecified atom stereocenters. The SMILES string of the molecule is N#Cc1ccc(-c2ccc(OCCCCCCCOc3ccc(-c4ccc(C#N)cc4)cc3)cc2)cc1. The van der Waals surface area contributed by atoms with Crippen molar-refractivity contribution in [2.75, 3.05) is 13.2 Å². The van der Waals surface area contributed by atoms with Crippen LogP contribution in [-0.4, -0.2) is 13.2 Å². The van der Waals surface area contributed by atoms with Crippen molar-refractivity contribution in [2.45, 2.75) is 32.1 Å². The third kappa shape index (κ3) is 7.72. The van der Waals surface area contributed by atoms with Crippen molar-refractivity contribution in [1.82, 2.24) is 0 Å². The number of unbranched alkanes of at least 4 members (excludes halogenated alkanes) is 4. The minimum Gasteiger partial charge on any atom is -0.494 e. The maximum absolute atomic E-state index is 8.92. The third-order valence-electron chi connectivity index (χ3n) is 6.23. The molecule has 0 aliphatic carbocycles. The minimum absolute atomic E-state index is 0.669. The molecule has 4 rings (SSSR count). The number of hydrogen-bond acceptors (Lipinski definition) is 4. The Kier molecular flexibility index (Phi) is 9.34. The Bertz CT molecular complexity index is 1220. The van der Waals surface area contributed by atoms with E-state index in [0.29, 0.717) is 11.1 Å². The molecule has 0 aliphatic heterocycles. The Hall–Kier alpha value is -4.54. The summed E-state index contributed by atoms with van der Waals surface area (Å²) in [7, 11) is 0. The van der Waals surface area contributed by atoms with Gasteiger partial charge in [-0.15, -0.1) is 0 Å². The summed E-state index contributed by atoms with van der Waals surface area (Å²) in [6.07, 6.45) is 5.53. The van der Waals surface area contributed by atoms with Crippen molar-refractivity contribution in [3.63, 3.8) is 0 Å². The van der Waals surface area contributed by atoms with E-state index in [-0.39, 0.29) is 0 Å². The van der Waals surface area contributed by atoms with E-state index >= 15 is 0 Å². The maximum Gasteiger partial charge on any atom is 0.119 e. The molecule has 0 aliphatic rings. The van der Waals surface area contributed by atoms with Crippen LogP contribution in [0.2, 0.25) is 0 Å². The van der Waals surface area contributed by atoms with Gasteiger partial charge in [0.1, 0.15) is 11.5 Å². The van der Waals surface area contributed by atoms with E-state index in [1.165, 1.54) is 6.42 Å². The van der Waals surface area contributed by atoms with Crippen LogP contribution in [0.3, 0.4) is 0 Å². The highest BCUT2D eigenvalue weighted by molar-refractivity contribution is 5.65. The number of nitrogens with zero attached hydrogens (tertiary/aromatic N) is 2. The molecule has 0 amide bonds. The first kappa shape index (κ1) is 25.5. The van der Waals surface area contributed by atoms with E-state index < -0.39 is 0 Å². The molecule has 0 saturated carbocycles. The van der Waals surface area contributed by atoms with E-state index in [2.05, 4.69) is 36.4 Å². The lowest BCUT2D eigenvalue weighted by Crippen LogP contribution is -1.99. The van der Waals surface area contributed by atoms with Gasteiger partial charge >= 0.3 is 0 Å². The molecular formula is C33H30N2O2. The normalized spacial score (nSPS) is 10.3. The summed E-state index contributed by atoms with van der Waals surface area (Å²) in [6, 6.07) is 35.7. The first-order valence-corrected chi connectivity index (χ1v) is 12.7. The zero-order valence-corrected chi connectivity index (χ0v) is 20.9. The zero-order chi connectivity index (χ0) is 25.7. The first-order valence-electron chi connectivity index (χ1n) is 12.7. The summed E-state index contributed by atoms with van der Waals surface area (Å²) in [4.78, 5) is 0. The fraction of sp³-hybridized carbons (Fsp3) is 0.212. The van der Waals surface area contributed by atoms with Crippen LogP contribution >= 0.6 is 0 Å². The lowest BCUT2D eigenvalue weighted by molar-refractivity contribution is 0.293.